The fraction of sp³-hybridized carbons (Fsp3) is 0.375. The zero-order chi connectivity index (χ0) is 15.1. The first-order valence-electron chi connectivity index (χ1n) is 7.03. The van der Waals surface area contributed by atoms with E-state index in [0.29, 0.717) is 13.1 Å². The molecule has 0 aliphatic heterocycles. The summed E-state index contributed by atoms with van der Waals surface area (Å²) in [6.45, 7) is 3.95. The number of pyridine rings is 1. The second-order valence-electron chi connectivity index (χ2n) is 5.14. The van der Waals surface area contributed by atoms with Crippen LogP contribution in [0.4, 0.5) is 0 Å². The Hall–Kier alpha value is -1.72. The molecule has 112 valence electrons. The van der Waals surface area contributed by atoms with Crippen LogP contribution >= 0.6 is 11.3 Å². The van der Waals surface area contributed by atoms with Gasteiger partial charge in [-0.25, -0.2) is 0 Å². The number of hydrogen-bond donors (Lipinski definition) is 1. The van der Waals surface area contributed by atoms with E-state index in [4.69, 9.17) is 0 Å². The number of likely N-dealkylation sites (N-methyl/N-ethyl adjacent to an activating group) is 1. The van der Waals surface area contributed by atoms with Crippen molar-refractivity contribution in [3.8, 4) is 0 Å². The Morgan fingerprint density at radius 3 is 2.71 bits per heavy atom. The number of carbonyl (C=O) groups is 1. The summed E-state index contributed by atoms with van der Waals surface area (Å²) in [4.78, 5) is 20.5. The molecule has 0 aromatic carbocycles. The van der Waals surface area contributed by atoms with E-state index in [0.717, 1.165) is 18.5 Å². The summed E-state index contributed by atoms with van der Waals surface area (Å²) in [7, 11) is 1.95. The quantitative estimate of drug-likeness (QED) is 0.853. The van der Waals surface area contributed by atoms with E-state index in [1.807, 2.05) is 24.1 Å². The Kier molecular flexibility index (Phi) is 5.90. The third-order valence-electron chi connectivity index (χ3n) is 3.10. The molecule has 0 aliphatic carbocycles. The summed E-state index contributed by atoms with van der Waals surface area (Å²) >= 11 is 1.79. The molecule has 0 bridgehead atoms. The number of thiophene rings is 1. The molecule has 0 fully saturated rings. The second kappa shape index (κ2) is 7.90. The van der Waals surface area contributed by atoms with Gasteiger partial charge in [0.25, 0.3) is 0 Å². The molecule has 0 saturated carbocycles. The van der Waals surface area contributed by atoms with Crippen LogP contribution in [0.15, 0.2) is 36.7 Å². The van der Waals surface area contributed by atoms with Gasteiger partial charge in [-0.05, 0) is 50.2 Å². The molecule has 2 rings (SSSR count). The van der Waals surface area contributed by atoms with Crippen LogP contribution in [0.5, 0.6) is 0 Å². The van der Waals surface area contributed by atoms with Gasteiger partial charge in [0.15, 0.2) is 0 Å². The summed E-state index contributed by atoms with van der Waals surface area (Å²) in [5, 5.41) is 2.97. The number of hydrogen-bond acceptors (Lipinski definition) is 4. The van der Waals surface area contributed by atoms with Crippen LogP contribution in [0.3, 0.4) is 0 Å². The van der Waals surface area contributed by atoms with Gasteiger partial charge >= 0.3 is 0 Å². The van der Waals surface area contributed by atoms with Crippen LogP contribution in [0.2, 0.25) is 0 Å². The first kappa shape index (κ1) is 15.7. The lowest BCUT2D eigenvalue weighted by molar-refractivity contribution is -0.122. The lowest BCUT2D eigenvalue weighted by atomic mass is 10.2. The molecule has 0 aliphatic rings. The SMILES string of the molecule is Cc1ccc(CCNC(=O)CN(C)Cc2ccncc2)s1. The minimum Gasteiger partial charge on any atom is -0.355 e. The van der Waals surface area contributed by atoms with Crippen molar-refractivity contribution < 1.29 is 4.79 Å². The van der Waals surface area contributed by atoms with Crippen molar-refractivity contribution in [2.24, 2.45) is 0 Å². The highest BCUT2D eigenvalue weighted by atomic mass is 32.1. The Morgan fingerprint density at radius 2 is 2.05 bits per heavy atom. The number of nitrogens with one attached hydrogen (secondary N) is 1. The normalized spacial score (nSPS) is 10.8. The number of aromatic nitrogens is 1. The van der Waals surface area contributed by atoms with Gasteiger partial charge in [0.05, 0.1) is 6.54 Å². The molecular formula is C16H21N3OS. The van der Waals surface area contributed by atoms with Gasteiger partial charge in [0.2, 0.25) is 5.91 Å². The third kappa shape index (κ3) is 5.65. The van der Waals surface area contributed by atoms with Gasteiger partial charge in [-0.2, -0.15) is 0 Å². The maximum Gasteiger partial charge on any atom is 0.234 e. The average molecular weight is 303 g/mol. The van der Waals surface area contributed by atoms with E-state index in [-0.39, 0.29) is 5.91 Å². The molecule has 0 saturated heterocycles. The van der Waals surface area contributed by atoms with Crippen molar-refractivity contribution in [1.29, 1.82) is 0 Å². The minimum absolute atomic E-state index is 0.0693. The molecule has 4 nitrogen and oxygen atoms in total. The highest BCUT2D eigenvalue weighted by molar-refractivity contribution is 7.11. The van der Waals surface area contributed by atoms with Gasteiger partial charge in [-0.3, -0.25) is 14.7 Å². The van der Waals surface area contributed by atoms with E-state index in [1.54, 1.807) is 23.7 Å². The third-order valence-corrected chi connectivity index (χ3v) is 4.17. The monoisotopic (exact) mass is 303 g/mol. The summed E-state index contributed by atoms with van der Waals surface area (Å²) in [5.41, 5.74) is 1.16. The summed E-state index contributed by atoms with van der Waals surface area (Å²) in [5.74, 6) is 0.0693. The first-order chi connectivity index (χ1) is 10.1. The van der Waals surface area contributed by atoms with E-state index in [9.17, 15) is 4.79 Å². The van der Waals surface area contributed by atoms with Gasteiger partial charge in [-0.15, -0.1) is 11.3 Å². The maximum absolute atomic E-state index is 11.9. The average Bonchev–Trinajstić information content (AvgIpc) is 2.85. The molecule has 0 unspecified atom stereocenters. The van der Waals surface area contributed by atoms with E-state index < -0.39 is 0 Å². The van der Waals surface area contributed by atoms with Crippen molar-refractivity contribution in [2.45, 2.75) is 19.9 Å². The Balaban J connectivity index is 1.67. The zero-order valence-electron chi connectivity index (χ0n) is 12.5. The van der Waals surface area contributed by atoms with E-state index >= 15 is 0 Å². The molecule has 2 heterocycles. The second-order valence-corrected chi connectivity index (χ2v) is 6.51. The van der Waals surface area contributed by atoms with Crippen LogP contribution in [0.25, 0.3) is 0 Å². The maximum atomic E-state index is 11.9. The zero-order valence-corrected chi connectivity index (χ0v) is 13.3. The molecular weight excluding hydrogens is 282 g/mol. The molecule has 2 aromatic rings. The lowest BCUT2D eigenvalue weighted by Crippen LogP contribution is -2.35. The van der Waals surface area contributed by atoms with Crippen LogP contribution in [-0.2, 0) is 17.8 Å². The lowest BCUT2D eigenvalue weighted by Gasteiger charge is -2.16. The number of aryl methyl sites for hydroxylation is 1. The number of rotatable bonds is 7. The fourth-order valence-corrected chi connectivity index (χ4v) is 2.99. The van der Waals surface area contributed by atoms with Gasteiger partial charge in [-0.1, -0.05) is 0 Å². The number of amides is 1. The topological polar surface area (TPSA) is 45.2 Å². The van der Waals surface area contributed by atoms with Crippen molar-refractivity contribution in [2.75, 3.05) is 20.1 Å². The summed E-state index contributed by atoms with van der Waals surface area (Å²) in [6, 6.07) is 8.17. The molecule has 0 radical (unpaired) electrons. The Labute approximate surface area is 129 Å². The first-order valence-corrected chi connectivity index (χ1v) is 7.84. The Morgan fingerprint density at radius 1 is 1.29 bits per heavy atom. The molecule has 1 amide bonds. The van der Waals surface area contributed by atoms with Gasteiger partial charge in [0.1, 0.15) is 0 Å². The molecule has 1 N–H and O–H groups in total. The predicted molar refractivity (Wildman–Crippen MR) is 86.3 cm³/mol. The largest absolute Gasteiger partial charge is 0.355 e. The summed E-state index contributed by atoms with van der Waals surface area (Å²) in [6.07, 6.45) is 4.44. The standard InChI is InChI=1S/C16H21N3OS/c1-13-3-4-15(21-13)7-10-18-16(20)12-19(2)11-14-5-8-17-9-6-14/h3-6,8-9H,7,10-12H2,1-2H3,(H,18,20). The molecule has 2 aromatic heterocycles. The van der Waals surface area contributed by atoms with Crippen molar-refractivity contribution in [3.63, 3.8) is 0 Å². The fourth-order valence-electron chi connectivity index (χ4n) is 2.10. The molecule has 5 heteroatoms. The summed E-state index contributed by atoms with van der Waals surface area (Å²) < 4.78 is 0. The van der Waals surface area contributed by atoms with Gasteiger partial charge in [0, 0.05) is 35.2 Å². The van der Waals surface area contributed by atoms with Crippen LogP contribution < -0.4 is 5.32 Å². The highest BCUT2D eigenvalue weighted by Gasteiger charge is 2.07. The van der Waals surface area contributed by atoms with E-state index in [2.05, 4.69) is 29.4 Å². The predicted octanol–water partition coefficient (Wildman–Crippen LogP) is 2.24. The number of carbonyl (C=O) groups excluding carboxylic acids is 1. The van der Waals surface area contributed by atoms with Crippen LogP contribution in [-0.4, -0.2) is 35.9 Å². The number of nitrogens with zero attached hydrogens (tertiary/aromatic N) is 2. The molecule has 0 spiro atoms. The van der Waals surface area contributed by atoms with Crippen molar-refractivity contribution >= 4 is 17.2 Å². The minimum atomic E-state index is 0.0693. The van der Waals surface area contributed by atoms with Crippen LogP contribution in [0.1, 0.15) is 15.3 Å². The highest BCUT2D eigenvalue weighted by Crippen LogP contribution is 2.14. The molecule has 0 atom stereocenters. The van der Waals surface area contributed by atoms with E-state index in [1.165, 1.54) is 9.75 Å². The van der Waals surface area contributed by atoms with Crippen LogP contribution in [0, 0.1) is 6.92 Å². The van der Waals surface area contributed by atoms with Crippen molar-refractivity contribution in [3.05, 3.63) is 52.0 Å². The van der Waals surface area contributed by atoms with Gasteiger partial charge < -0.3 is 5.32 Å². The van der Waals surface area contributed by atoms with Crippen molar-refractivity contribution in [1.82, 2.24) is 15.2 Å². The molecule has 21 heavy (non-hydrogen) atoms. The Bertz CT molecular complexity index is 568. The smallest absolute Gasteiger partial charge is 0.234 e.